The van der Waals surface area contributed by atoms with Gasteiger partial charge < -0.3 is 11.1 Å². The van der Waals surface area contributed by atoms with Crippen molar-refractivity contribution in [3.8, 4) is 0 Å². The maximum Gasteiger partial charge on any atom is 0.196 e. The van der Waals surface area contributed by atoms with Gasteiger partial charge >= 0.3 is 0 Å². The highest BCUT2D eigenvalue weighted by atomic mass is 35.5. The zero-order valence-electron chi connectivity index (χ0n) is 12.2. The molecule has 0 fully saturated rings. The van der Waals surface area contributed by atoms with Crippen molar-refractivity contribution in [2.24, 2.45) is 0 Å². The number of ketones is 1. The third-order valence-electron chi connectivity index (χ3n) is 3.37. The summed E-state index contributed by atoms with van der Waals surface area (Å²) in [4.78, 5) is 17.0. The molecular weight excluding hydrogens is 310 g/mol. The number of anilines is 3. The van der Waals surface area contributed by atoms with Crippen molar-refractivity contribution in [3.05, 3.63) is 83.0 Å². The van der Waals surface area contributed by atoms with Gasteiger partial charge in [0.2, 0.25) is 0 Å². The number of benzene rings is 2. The summed E-state index contributed by atoms with van der Waals surface area (Å²) in [6.07, 6.45) is 1.63. The van der Waals surface area contributed by atoms with E-state index in [4.69, 9.17) is 17.3 Å². The van der Waals surface area contributed by atoms with Crippen LogP contribution in [0, 0.1) is 0 Å². The molecule has 0 saturated carbocycles. The van der Waals surface area contributed by atoms with E-state index in [0.717, 1.165) is 0 Å². The van der Waals surface area contributed by atoms with E-state index in [-0.39, 0.29) is 5.78 Å². The fraction of sp³-hybridized carbons (Fsp3) is 0. The second-order valence-electron chi connectivity index (χ2n) is 4.92. The third kappa shape index (κ3) is 3.17. The van der Waals surface area contributed by atoms with Crippen LogP contribution in [0.25, 0.3) is 0 Å². The maximum absolute atomic E-state index is 12.8. The van der Waals surface area contributed by atoms with Crippen molar-refractivity contribution in [3.63, 3.8) is 0 Å². The van der Waals surface area contributed by atoms with Gasteiger partial charge in [0.15, 0.2) is 11.6 Å². The SMILES string of the molecule is Nc1cccnc1Nc1cccc(Cl)c1C(=O)c1ccccc1. The van der Waals surface area contributed by atoms with E-state index in [0.29, 0.717) is 33.3 Å². The summed E-state index contributed by atoms with van der Waals surface area (Å²) in [5, 5.41) is 3.46. The Hall–Kier alpha value is -2.85. The number of hydrogen-bond acceptors (Lipinski definition) is 4. The number of nitrogens with zero attached hydrogens (tertiary/aromatic N) is 1. The average molecular weight is 324 g/mol. The van der Waals surface area contributed by atoms with Crippen molar-refractivity contribution in [1.82, 2.24) is 4.98 Å². The van der Waals surface area contributed by atoms with Crippen LogP contribution in [0.1, 0.15) is 15.9 Å². The number of aromatic nitrogens is 1. The molecule has 1 aromatic heterocycles. The molecule has 1 heterocycles. The van der Waals surface area contributed by atoms with Gasteiger partial charge in [-0.15, -0.1) is 0 Å². The van der Waals surface area contributed by atoms with Crippen LogP contribution in [0.5, 0.6) is 0 Å². The first-order valence-electron chi connectivity index (χ1n) is 7.02. The van der Waals surface area contributed by atoms with E-state index >= 15 is 0 Å². The summed E-state index contributed by atoms with van der Waals surface area (Å²) in [5.74, 6) is 0.324. The number of nitrogens with one attached hydrogen (secondary N) is 1. The molecule has 4 nitrogen and oxygen atoms in total. The lowest BCUT2D eigenvalue weighted by atomic mass is 10.0. The first-order chi connectivity index (χ1) is 11.2. The second-order valence-corrected chi connectivity index (χ2v) is 5.33. The summed E-state index contributed by atoms with van der Waals surface area (Å²) in [6, 6.07) is 17.7. The predicted octanol–water partition coefficient (Wildman–Crippen LogP) is 4.29. The van der Waals surface area contributed by atoms with Crippen LogP contribution in [0.3, 0.4) is 0 Å². The average Bonchev–Trinajstić information content (AvgIpc) is 2.57. The standard InChI is InChI=1S/C18H14ClN3O/c19-13-8-4-10-15(22-18-14(20)9-5-11-21-18)16(13)17(23)12-6-2-1-3-7-12/h1-11H,20H2,(H,21,22). The lowest BCUT2D eigenvalue weighted by Gasteiger charge is -2.13. The highest BCUT2D eigenvalue weighted by Crippen LogP contribution is 2.30. The van der Waals surface area contributed by atoms with Gasteiger partial charge in [-0.2, -0.15) is 0 Å². The first-order valence-corrected chi connectivity index (χ1v) is 7.40. The first kappa shape index (κ1) is 15.1. The van der Waals surface area contributed by atoms with Crippen molar-refractivity contribution >= 4 is 34.6 Å². The van der Waals surface area contributed by atoms with Gasteiger partial charge in [-0.25, -0.2) is 4.98 Å². The number of carbonyl (C=O) groups excluding carboxylic acids is 1. The van der Waals surface area contributed by atoms with E-state index < -0.39 is 0 Å². The minimum atomic E-state index is -0.159. The smallest absolute Gasteiger partial charge is 0.196 e. The zero-order chi connectivity index (χ0) is 16.2. The molecule has 0 aliphatic rings. The van der Waals surface area contributed by atoms with Gasteiger partial charge in [0.25, 0.3) is 0 Å². The van der Waals surface area contributed by atoms with Crippen LogP contribution in [-0.4, -0.2) is 10.8 Å². The molecule has 0 atom stereocenters. The second kappa shape index (κ2) is 6.50. The normalized spacial score (nSPS) is 10.3. The van der Waals surface area contributed by atoms with Crippen molar-refractivity contribution in [1.29, 1.82) is 0 Å². The molecule has 0 unspecified atom stereocenters. The Kier molecular flexibility index (Phi) is 4.26. The maximum atomic E-state index is 12.8. The Labute approximate surface area is 138 Å². The van der Waals surface area contributed by atoms with Crippen molar-refractivity contribution < 1.29 is 4.79 Å². The molecule has 114 valence electrons. The summed E-state index contributed by atoms with van der Waals surface area (Å²) in [6.45, 7) is 0. The Balaban J connectivity index is 2.04. The van der Waals surface area contributed by atoms with E-state index in [1.807, 2.05) is 18.2 Å². The number of halogens is 1. The van der Waals surface area contributed by atoms with E-state index in [1.165, 1.54) is 0 Å². The molecule has 23 heavy (non-hydrogen) atoms. The Morgan fingerprint density at radius 3 is 2.52 bits per heavy atom. The molecule has 0 amide bonds. The molecule has 3 rings (SSSR count). The minimum Gasteiger partial charge on any atom is -0.396 e. The van der Waals surface area contributed by atoms with Crippen LogP contribution in [-0.2, 0) is 0 Å². The summed E-state index contributed by atoms with van der Waals surface area (Å²) < 4.78 is 0. The van der Waals surface area contributed by atoms with Gasteiger partial charge in [-0.1, -0.05) is 48.0 Å². The molecule has 0 aliphatic heterocycles. The van der Waals surface area contributed by atoms with Crippen LogP contribution in [0.2, 0.25) is 5.02 Å². The molecule has 0 saturated heterocycles. The minimum absolute atomic E-state index is 0.159. The Bertz CT molecular complexity index is 850. The molecule has 3 N–H and O–H groups in total. The number of pyridine rings is 1. The Morgan fingerprint density at radius 1 is 1.00 bits per heavy atom. The zero-order valence-corrected chi connectivity index (χ0v) is 12.9. The molecule has 0 aliphatic carbocycles. The van der Waals surface area contributed by atoms with Crippen molar-refractivity contribution in [2.45, 2.75) is 0 Å². The number of nitrogen functional groups attached to an aromatic ring is 1. The highest BCUT2D eigenvalue weighted by molar-refractivity contribution is 6.36. The van der Waals surface area contributed by atoms with Gasteiger partial charge in [0.1, 0.15) is 0 Å². The van der Waals surface area contributed by atoms with Gasteiger partial charge in [-0.3, -0.25) is 4.79 Å². The fourth-order valence-corrected chi connectivity index (χ4v) is 2.50. The quantitative estimate of drug-likeness (QED) is 0.703. The van der Waals surface area contributed by atoms with Crippen molar-refractivity contribution in [2.75, 3.05) is 11.1 Å². The number of carbonyl (C=O) groups is 1. The number of rotatable bonds is 4. The monoisotopic (exact) mass is 323 g/mol. The predicted molar refractivity (Wildman–Crippen MR) is 93.3 cm³/mol. The van der Waals surface area contributed by atoms with E-state index in [9.17, 15) is 4.79 Å². The molecule has 0 spiro atoms. The molecule has 0 radical (unpaired) electrons. The van der Waals surface area contributed by atoms with Gasteiger partial charge in [-0.05, 0) is 24.3 Å². The van der Waals surface area contributed by atoms with Crippen LogP contribution >= 0.6 is 11.6 Å². The summed E-state index contributed by atoms with van der Waals surface area (Å²) in [7, 11) is 0. The topological polar surface area (TPSA) is 68.0 Å². The van der Waals surface area contributed by atoms with Crippen LogP contribution in [0.4, 0.5) is 17.2 Å². The number of hydrogen-bond donors (Lipinski definition) is 2. The fourth-order valence-electron chi connectivity index (χ4n) is 2.24. The third-order valence-corrected chi connectivity index (χ3v) is 3.68. The van der Waals surface area contributed by atoms with Crippen LogP contribution < -0.4 is 11.1 Å². The number of nitrogens with two attached hydrogens (primary N) is 1. The molecule has 3 aromatic rings. The lowest BCUT2D eigenvalue weighted by Crippen LogP contribution is -2.07. The van der Waals surface area contributed by atoms with E-state index in [1.54, 1.807) is 48.7 Å². The molecule has 0 bridgehead atoms. The molecule has 5 heteroatoms. The summed E-state index contributed by atoms with van der Waals surface area (Å²) >= 11 is 6.27. The molecular formula is C18H14ClN3O. The largest absolute Gasteiger partial charge is 0.396 e. The van der Waals surface area contributed by atoms with Gasteiger partial charge in [0.05, 0.1) is 22.0 Å². The van der Waals surface area contributed by atoms with Crippen LogP contribution in [0.15, 0.2) is 66.9 Å². The summed E-state index contributed by atoms with van der Waals surface area (Å²) in [5.41, 5.74) is 7.92. The highest BCUT2D eigenvalue weighted by Gasteiger charge is 2.18. The Morgan fingerprint density at radius 2 is 1.78 bits per heavy atom. The lowest BCUT2D eigenvalue weighted by molar-refractivity contribution is 0.103. The van der Waals surface area contributed by atoms with E-state index in [2.05, 4.69) is 10.3 Å². The molecule has 2 aromatic carbocycles. The van der Waals surface area contributed by atoms with Gasteiger partial charge in [0, 0.05) is 11.8 Å².